The standard InChI is InChI=1S/C32H35N5O2/c38-31(35-27-17-9-3-10-18-27)34-23-29(21-25-13-5-1-6-14-25)33-24-30(22-26-15-7-2-8-16-26)37-32(39)36-28-19-11-4-12-20-28/h1-20,29-30,33H,21-24H2,(H2,34,35,38)(H2,36,37,39). The lowest BCUT2D eigenvalue weighted by molar-refractivity contribution is 0.247. The van der Waals surface area contributed by atoms with E-state index < -0.39 is 0 Å². The molecule has 7 nitrogen and oxygen atoms in total. The van der Waals surface area contributed by atoms with Crippen LogP contribution in [0.1, 0.15) is 11.1 Å². The second kappa shape index (κ2) is 15.0. The van der Waals surface area contributed by atoms with Crippen molar-refractivity contribution >= 4 is 23.4 Å². The van der Waals surface area contributed by atoms with Gasteiger partial charge in [0.2, 0.25) is 0 Å². The summed E-state index contributed by atoms with van der Waals surface area (Å²) in [5, 5.41) is 15.5. The summed E-state index contributed by atoms with van der Waals surface area (Å²) in [6.45, 7) is 0.943. The van der Waals surface area contributed by atoms with Crippen LogP contribution < -0.4 is 26.6 Å². The molecule has 0 saturated carbocycles. The molecule has 0 heterocycles. The van der Waals surface area contributed by atoms with Crippen LogP contribution in [0, 0.1) is 0 Å². The van der Waals surface area contributed by atoms with Crippen LogP contribution in [-0.4, -0.2) is 37.2 Å². The maximum Gasteiger partial charge on any atom is 0.319 e. The monoisotopic (exact) mass is 521 g/mol. The Morgan fingerprint density at radius 2 is 0.949 bits per heavy atom. The van der Waals surface area contributed by atoms with Crippen molar-refractivity contribution in [3.8, 4) is 0 Å². The number of amides is 4. The summed E-state index contributed by atoms with van der Waals surface area (Å²) < 4.78 is 0. The van der Waals surface area contributed by atoms with Gasteiger partial charge in [-0.15, -0.1) is 0 Å². The fourth-order valence-corrected chi connectivity index (χ4v) is 4.28. The Hall–Kier alpha value is -4.62. The van der Waals surface area contributed by atoms with Gasteiger partial charge in [0.25, 0.3) is 0 Å². The Labute approximate surface area is 230 Å². The summed E-state index contributed by atoms with van der Waals surface area (Å²) in [4.78, 5) is 25.4. The highest BCUT2D eigenvalue weighted by Crippen LogP contribution is 2.09. The number of rotatable bonds is 12. The lowest BCUT2D eigenvalue weighted by Crippen LogP contribution is -2.50. The van der Waals surface area contributed by atoms with Crippen LogP contribution in [0.5, 0.6) is 0 Å². The highest BCUT2D eigenvalue weighted by atomic mass is 16.2. The number of urea groups is 2. The Balaban J connectivity index is 1.40. The first-order valence-electron chi connectivity index (χ1n) is 13.2. The number of benzene rings is 4. The quantitative estimate of drug-likeness (QED) is 0.172. The van der Waals surface area contributed by atoms with E-state index in [1.807, 2.05) is 97.1 Å². The van der Waals surface area contributed by atoms with Crippen LogP contribution in [0.3, 0.4) is 0 Å². The molecule has 4 amide bonds. The number of hydrogen-bond acceptors (Lipinski definition) is 3. The predicted molar refractivity (Wildman–Crippen MR) is 158 cm³/mol. The van der Waals surface area contributed by atoms with Crippen LogP contribution >= 0.6 is 0 Å². The molecule has 4 aromatic carbocycles. The molecule has 0 fully saturated rings. The zero-order chi connectivity index (χ0) is 27.1. The summed E-state index contributed by atoms with van der Waals surface area (Å²) in [5.74, 6) is 0. The molecule has 0 spiro atoms. The molecule has 4 rings (SSSR count). The van der Waals surface area contributed by atoms with E-state index in [1.54, 1.807) is 0 Å². The van der Waals surface area contributed by atoms with E-state index >= 15 is 0 Å². The maximum atomic E-state index is 12.8. The molecule has 0 saturated heterocycles. The number of nitrogens with one attached hydrogen (secondary N) is 5. The van der Waals surface area contributed by atoms with Crippen molar-refractivity contribution in [3.63, 3.8) is 0 Å². The van der Waals surface area contributed by atoms with E-state index in [0.29, 0.717) is 19.5 Å². The average molecular weight is 522 g/mol. The number of hydrogen-bond donors (Lipinski definition) is 5. The summed E-state index contributed by atoms with van der Waals surface area (Å²) in [5.41, 5.74) is 3.76. The van der Waals surface area contributed by atoms with Gasteiger partial charge in [0, 0.05) is 36.5 Å². The van der Waals surface area contributed by atoms with E-state index in [2.05, 4.69) is 50.8 Å². The van der Waals surface area contributed by atoms with Crippen molar-refractivity contribution in [2.45, 2.75) is 24.9 Å². The number of carbonyl (C=O) groups excluding carboxylic acids is 2. The van der Waals surface area contributed by atoms with Gasteiger partial charge in [-0.25, -0.2) is 9.59 Å². The maximum absolute atomic E-state index is 12.8. The largest absolute Gasteiger partial charge is 0.336 e. The average Bonchev–Trinajstić information content (AvgIpc) is 2.96. The molecule has 39 heavy (non-hydrogen) atoms. The van der Waals surface area contributed by atoms with Gasteiger partial charge in [-0.1, -0.05) is 97.1 Å². The van der Waals surface area contributed by atoms with Gasteiger partial charge >= 0.3 is 12.1 Å². The summed E-state index contributed by atoms with van der Waals surface area (Å²) in [6, 6.07) is 38.2. The Morgan fingerprint density at radius 3 is 1.46 bits per heavy atom. The molecule has 200 valence electrons. The van der Waals surface area contributed by atoms with E-state index in [0.717, 1.165) is 28.9 Å². The zero-order valence-corrected chi connectivity index (χ0v) is 21.8. The fourth-order valence-electron chi connectivity index (χ4n) is 4.28. The lowest BCUT2D eigenvalue weighted by atomic mass is 10.0. The molecule has 0 aliphatic rings. The topological polar surface area (TPSA) is 94.3 Å². The van der Waals surface area contributed by atoms with Crippen LogP contribution in [0.15, 0.2) is 121 Å². The van der Waals surface area contributed by atoms with Gasteiger partial charge in [-0.2, -0.15) is 0 Å². The lowest BCUT2D eigenvalue weighted by Gasteiger charge is -2.25. The van der Waals surface area contributed by atoms with Crippen molar-refractivity contribution in [2.24, 2.45) is 0 Å². The number of para-hydroxylation sites is 2. The molecular formula is C32H35N5O2. The minimum absolute atomic E-state index is 0.0498. The van der Waals surface area contributed by atoms with Gasteiger partial charge < -0.3 is 26.6 Å². The molecule has 4 aromatic rings. The summed E-state index contributed by atoms with van der Waals surface area (Å²) in [6.07, 6.45) is 1.39. The highest BCUT2D eigenvalue weighted by Gasteiger charge is 2.17. The number of anilines is 2. The van der Waals surface area contributed by atoms with Gasteiger partial charge in [0.05, 0.1) is 0 Å². The van der Waals surface area contributed by atoms with Crippen molar-refractivity contribution in [2.75, 3.05) is 23.7 Å². The van der Waals surface area contributed by atoms with Crippen molar-refractivity contribution < 1.29 is 9.59 Å². The predicted octanol–water partition coefficient (Wildman–Crippen LogP) is 5.44. The van der Waals surface area contributed by atoms with Crippen molar-refractivity contribution in [1.29, 1.82) is 0 Å². The summed E-state index contributed by atoms with van der Waals surface area (Å²) >= 11 is 0. The van der Waals surface area contributed by atoms with E-state index in [9.17, 15) is 9.59 Å². The Kier molecular flexibility index (Phi) is 10.5. The van der Waals surface area contributed by atoms with Gasteiger partial charge in [0.15, 0.2) is 0 Å². The van der Waals surface area contributed by atoms with E-state index in [4.69, 9.17) is 0 Å². The second-order valence-electron chi connectivity index (χ2n) is 9.35. The van der Waals surface area contributed by atoms with Crippen LogP contribution in [0.2, 0.25) is 0 Å². The first-order chi connectivity index (χ1) is 19.1. The first-order valence-corrected chi connectivity index (χ1v) is 13.2. The molecule has 7 heteroatoms. The van der Waals surface area contributed by atoms with Crippen LogP contribution in [0.4, 0.5) is 21.0 Å². The Bertz CT molecular complexity index is 1270. The van der Waals surface area contributed by atoms with E-state index in [-0.39, 0.29) is 24.1 Å². The van der Waals surface area contributed by atoms with Crippen molar-refractivity contribution in [1.82, 2.24) is 16.0 Å². The third kappa shape index (κ3) is 9.98. The van der Waals surface area contributed by atoms with Gasteiger partial charge in [0.1, 0.15) is 0 Å². The highest BCUT2D eigenvalue weighted by molar-refractivity contribution is 5.89. The smallest absolute Gasteiger partial charge is 0.319 e. The number of carbonyl (C=O) groups is 2. The minimum atomic E-state index is -0.262. The van der Waals surface area contributed by atoms with Crippen LogP contribution in [-0.2, 0) is 12.8 Å². The molecule has 0 bridgehead atoms. The molecule has 5 N–H and O–H groups in total. The Morgan fingerprint density at radius 1 is 0.513 bits per heavy atom. The molecule has 0 aliphatic carbocycles. The van der Waals surface area contributed by atoms with E-state index in [1.165, 1.54) is 0 Å². The molecule has 0 aromatic heterocycles. The molecule has 0 radical (unpaired) electrons. The second-order valence-corrected chi connectivity index (χ2v) is 9.35. The third-order valence-electron chi connectivity index (χ3n) is 6.21. The fraction of sp³-hybridized carbons (Fsp3) is 0.188. The third-order valence-corrected chi connectivity index (χ3v) is 6.21. The molecule has 0 aliphatic heterocycles. The van der Waals surface area contributed by atoms with Gasteiger partial charge in [-0.05, 0) is 48.2 Å². The zero-order valence-electron chi connectivity index (χ0n) is 21.8. The minimum Gasteiger partial charge on any atom is -0.336 e. The molecule has 2 unspecified atom stereocenters. The van der Waals surface area contributed by atoms with Gasteiger partial charge in [-0.3, -0.25) is 0 Å². The SMILES string of the molecule is O=C(NCC(Cc1ccccc1)NCC(Cc1ccccc1)NC(=O)Nc1ccccc1)Nc1ccccc1. The van der Waals surface area contributed by atoms with Crippen molar-refractivity contribution in [3.05, 3.63) is 132 Å². The first kappa shape index (κ1) is 27.4. The van der Waals surface area contributed by atoms with Crippen LogP contribution in [0.25, 0.3) is 0 Å². The normalized spacial score (nSPS) is 12.1. The molecule has 2 atom stereocenters. The molecular weight excluding hydrogens is 486 g/mol. The summed E-state index contributed by atoms with van der Waals surface area (Å²) in [7, 11) is 0.